The maximum atomic E-state index is 12.0. The fraction of sp³-hybridized carbons (Fsp3) is 0.292. The van der Waals surface area contributed by atoms with Gasteiger partial charge in [-0.1, -0.05) is 24.8 Å². The summed E-state index contributed by atoms with van der Waals surface area (Å²) in [5, 5.41) is 9.12. The molecule has 3 N–H and O–H groups in total. The number of nitrogens with zero attached hydrogens (tertiary/aromatic N) is 1. The van der Waals surface area contributed by atoms with Crippen molar-refractivity contribution in [3.05, 3.63) is 77.2 Å². The molecule has 0 saturated heterocycles. The van der Waals surface area contributed by atoms with Gasteiger partial charge in [0, 0.05) is 42.7 Å². The van der Waals surface area contributed by atoms with E-state index in [-0.39, 0.29) is 5.91 Å². The first-order valence-electron chi connectivity index (χ1n) is 9.81. The number of carbonyl (C=O) groups is 2. The van der Waals surface area contributed by atoms with E-state index in [1.165, 1.54) is 6.08 Å². The zero-order chi connectivity index (χ0) is 22.5. The highest BCUT2D eigenvalue weighted by molar-refractivity contribution is 6.09. The van der Waals surface area contributed by atoms with Gasteiger partial charge in [-0.3, -0.25) is 14.6 Å². The molecule has 0 aliphatic carbocycles. The van der Waals surface area contributed by atoms with Crippen LogP contribution in [0.5, 0.6) is 0 Å². The summed E-state index contributed by atoms with van der Waals surface area (Å²) in [5.74, 6) is -0.120. The lowest BCUT2D eigenvalue weighted by Crippen LogP contribution is -2.18. The Bertz CT molecular complexity index is 875. The van der Waals surface area contributed by atoms with Crippen LogP contribution in [0, 0.1) is 0 Å². The quantitative estimate of drug-likeness (QED) is 0.225. The fourth-order valence-corrected chi connectivity index (χ4v) is 2.48. The Kier molecular flexibility index (Phi) is 10.8. The van der Waals surface area contributed by atoms with Crippen LogP contribution < -0.4 is 16.0 Å². The van der Waals surface area contributed by atoms with Gasteiger partial charge in [0.25, 0.3) is 5.91 Å². The molecule has 6 nitrogen and oxygen atoms in total. The van der Waals surface area contributed by atoms with Crippen molar-refractivity contribution in [2.24, 2.45) is 4.99 Å². The van der Waals surface area contributed by atoms with Crippen LogP contribution in [0.25, 0.3) is 0 Å². The second-order valence-corrected chi connectivity index (χ2v) is 6.72. The molecule has 1 aromatic rings. The lowest BCUT2D eigenvalue weighted by Gasteiger charge is -2.14. The van der Waals surface area contributed by atoms with Crippen molar-refractivity contribution in [2.45, 2.75) is 27.2 Å². The number of benzene rings is 1. The van der Waals surface area contributed by atoms with Gasteiger partial charge in [-0.2, -0.15) is 0 Å². The van der Waals surface area contributed by atoms with Crippen LogP contribution in [0.2, 0.25) is 0 Å². The number of nitrogens with one attached hydrogen (secondary N) is 3. The van der Waals surface area contributed by atoms with E-state index in [2.05, 4.69) is 27.5 Å². The molecule has 0 atom stereocenters. The van der Waals surface area contributed by atoms with Gasteiger partial charge in [0.05, 0.1) is 5.71 Å². The molecule has 0 aliphatic rings. The van der Waals surface area contributed by atoms with Gasteiger partial charge in [-0.25, -0.2) is 0 Å². The molecule has 0 aliphatic heterocycles. The monoisotopic (exact) mass is 408 g/mol. The molecule has 0 unspecified atom stereocenters. The van der Waals surface area contributed by atoms with Gasteiger partial charge in [0.2, 0.25) is 0 Å². The van der Waals surface area contributed by atoms with E-state index in [1.807, 2.05) is 51.2 Å². The second-order valence-electron chi connectivity index (χ2n) is 6.72. The van der Waals surface area contributed by atoms with Crippen molar-refractivity contribution in [3.63, 3.8) is 0 Å². The summed E-state index contributed by atoms with van der Waals surface area (Å²) in [6, 6.07) is 7.52. The molecule has 0 radical (unpaired) electrons. The van der Waals surface area contributed by atoms with Crippen LogP contribution in [-0.2, 0) is 9.59 Å². The number of hydrogen-bond acceptors (Lipinski definition) is 5. The van der Waals surface area contributed by atoms with Crippen LogP contribution >= 0.6 is 0 Å². The summed E-state index contributed by atoms with van der Waals surface area (Å²) in [4.78, 5) is 27.2. The standard InChI is InChI=1S/C24H32N4O2/c1-7-17(2)24(30)28-21-10-8-20(9-11-21)23(26-6)16-18(3)19(4)27-22(13-15-29)12-14-25-5/h7-11,13,15-16,25,27H,4,12,14H2,1-3,5-6H3,(H,28,30)/b17-7+,18-16+,22-13+,26-23?. The molecule has 0 saturated carbocycles. The lowest BCUT2D eigenvalue weighted by atomic mass is 10.1. The topological polar surface area (TPSA) is 82.6 Å². The number of aldehydes is 1. The van der Waals surface area contributed by atoms with Crippen LogP contribution in [0.15, 0.2) is 76.6 Å². The summed E-state index contributed by atoms with van der Waals surface area (Å²) in [7, 11) is 3.59. The highest BCUT2D eigenvalue weighted by atomic mass is 16.1. The maximum absolute atomic E-state index is 12.0. The van der Waals surface area contributed by atoms with Crippen LogP contribution in [0.3, 0.4) is 0 Å². The number of carbonyl (C=O) groups excluding carboxylic acids is 2. The SMILES string of the molecule is C=C(N/C(=C/C=O)CCNC)/C(C)=C/C(=NC)c1ccc(NC(=O)/C(C)=C/C)cc1. The third kappa shape index (κ3) is 8.01. The number of allylic oxidation sites excluding steroid dienone is 4. The predicted octanol–water partition coefficient (Wildman–Crippen LogP) is 3.75. The molecular formula is C24H32N4O2. The van der Waals surface area contributed by atoms with Crippen LogP contribution in [0.4, 0.5) is 5.69 Å². The zero-order valence-corrected chi connectivity index (χ0v) is 18.5. The first kappa shape index (κ1) is 24.8. The summed E-state index contributed by atoms with van der Waals surface area (Å²) < 4.78 is 0. The molecule has 0 bridgehead atoms. The van der Waals surface area contributed by atoms with Gasteiger partial charge in [0.1, 0.15) is 6.29 Å². The number of rotatable bonds is 11. The Morgan fingerprint density at radius 3 is 2.37 bits per heavy atom. The molecule has 1 aromatic carbocycles. The summed E-state index contributed by atoms with van der Waals surface area (Å²) >= 11 is 0. The molecule has 1 rings (SSSR count). The van der Waals surface area contributed by atoms with Crippen molar-refractivity contribution in [3.8, 4) is 0 Å². The van der Waals surface area contributed by atoms with E-state index in [1.54, 1.807) is 20.0 Å². The van der Waals surface area contributed by atoms with Gasteiger partial charge in [-0.05, 0) is 63.2 Å². The molecule has 1 amide bonds. The van der Waals surface area contributed by atoms with Crippen molar-refractivity contribution in [1.82, 2.24) is 10.6 Å². The van der Waals surface area contributed by atoms with E-state index < -0.39 is 0 Å². The molecular weight excluding hydrogens is 376 g/mol. The molecule has 0 aromatic heterocycles. The average Bonchev–Trinajstić information content (AvgIpc) is 2.75. The van der Waals surface area contributed by atoms with Gasteiger partial charge in [0.15, 0.2) is 0 Å². The number of amides is 1. The van der Waals surface area contributed by atoms with E-state index in [4.69, 9.17) is 0 Å². The van der Waals surface area contributed by atoms with E-state index in [0.717, 1.165) is 41.1 Å². The highest BCUT2D eigenvalue weighted by Gasteiger charge is 2.07. The summed E-state index contributed by atoms with van der Waals surface area (Å²) in [5.41, 5.74) is 5.49. The maximum Gasteiger partial charge on any atom is 0.250 e. The average molecular weight is 409 g/mol. The zero-order valence-electron chi connectivity index (χ0n) is 18.5. The Morgan fingerprint density at radius 2 is 1.83 bits per heavy atom. The first-order valence-corrected chi connectivity index (χ1v) is 9.81. The highest BCUT2D eigenvalue weighted by Crippen LogP contribution is 2.15. The first-order chi connectivity index (χ1) is 14.4. The molecule has 6 heteroatoms. The number of hydrogen-bond donors (Lipinski definition) is 3. The van der Waals surface area contributed by atoms with Crippen molar-refractivity contribution < 1.29 is 9.59 Å². The van der Waals surface area contributed by atoms with Gasteiger partial charge >= 0.3 is 0 Å². The predicted molar refractivity (Wildman–Crippen MR) is 126 cm³/mol. The Morgan fingerprint density at radius 1 is 1.17 bits per heavy atom. The third-order valence-corrected chi connectivity index (χ3v) is 4.52. The van der Waals surface area contributed by atoms with Crippen LogP contribution in [-0.4, -0.2) is 38.5 Å². The fourth-order valence-electron chi connectivity index (χ4n) is 2.48. The second kappa shape index (κ2) is 13.1. The number of aliphatic imine (C=N–C) groups is 1. The summed E-state index contributed by atoms with van der Waals surface area (Å²) in [6.07, 6.45) is 6.67. The molecule has 0 heterocycles. The van der Waals surface area contributed by atoms with Crippen molar-refractivity contribution >= 4 is 23.6 Å². The molecule has 0 fully saturated rings. The molecule has 0 spiro atoms. The van der Waals surface area contributed by atoms with E-state index in [0.29, 0.717) is 17.7 Å². The number of anilines is 1. The van der Waals surface area contributed by atoms with E-state index in [9.17, 15) is 9.59 Å². The summed E-state index contributed by atoms with van der Waals surface area (Å²) in [6.45, 7) is 10.4. The van der Waals surface area contributed by atoms with Crippen LogP contribution in [0.1, 0.15) is 32.8 Å². The largest absolute Gasteiger partial charge is 0.359 e. The Balaban J connectivity index is 2.92. The Labute approximate surface area is 179 Å². The minimum Gasteiger partial charge on any atom is -0.359 e. The van der Waals surface area contributed by atoms with Crippen molar-refractivity contribution in [2.75, 3.05) is 26.0 Å². The smallest absolute Gasteiger partial charge is 0.250 e. The lowest BCUT2D eigenvalue weighted by molar-refractivity contribution is -0.112. The van der Waals surface area contributed by atoms with Gasteiger partial charge < -0.3 is 16.0 Å². The Hall–Kier alpha value is -3.25. The molecule has 30 heavy (non-hydrogen) atoms. The van der Waals surface area contributed by atoms with Gasteiger partial charge in [-0.15, -0.1) is 0 Å². The van der Waals surface area contributed by atoms with E-state index >= 15 is 0 Å². The minimum absolute atomic E-state index is 0.120. The molecule has 160 valence electrons. The third-order valence-electron chi connectivity index (χ3n) is 4.52. The normalized spacial score (nSPS) is 13.1. The van der Waals surface area contributed by atoms with Crippen molar-refractivity contribution in [1.29, 1.82) is 0 Å². The minimum atomic E-state index is -0.120.